The van der Waals surface area contributed by atoms with E-state index in [9.17, 15) is 0 Å². The minimum Gasteiger partial charge on any atom is -0.383 e. The van der Waals surface area contributed by atoms with Crippen LogP contribution >= 0.6 is 22.7 Å². The fraction of sp³-hybridized carbons (Fsp3) is 0.500. The Kier molecular flexibility index (Phi) is 4.35. The van der Waals surface area contributed by atoms with Crippen molar-refractivity contribution < 1.29 is 4.74 Å². The Balaban J connectivity index is 2.14. The largest absolute Gasteiger partial charge is 0.383 e. The average molecular weight is 255 g/mol. The van der Waals surface area contributed by atoms with Crippen LogP contribution in [-0.2, 0) is 4.74 Å². The van der Waals surface area contributed by atoms with Crippen LogP contribution in [0.3, 0.4) is 0 Å². The second kappa shape index (κ2) is 5.77. The Hall–Kier alpha value is -0.420. The van der Waals surface area contributed by atoms with Gasteiger partial charge in [-0.3, -0.25) is 0 Å². The van der Waals surface area contributed by atoms with Gasteiger partial charge in [0.1, 0.15) is 0 Å². The predicted molar refractivity (Wildman–Crippen MR) is 72.6 cm³/mol. The molecule has 1 unspecified atom stereocenters. The van der Waals surface area contributed by atoms with Gasteiger partial charge in [-0.05, 0) is 30.5 Å². The molecule has 0 fully saturated rings. The van der Waals surface area contributed by atoms with Gasteiger partial charge in [0.05, 0.1) is 12.6 Å². The maximum atomic E-state index is 5.28. The van der Waals surface area contributed by atoms with Gasteiger partial charge in [0, 0.05) is 21.4 Å². The molecule has 0 aromatic carbocycles. The molecule has 1 N–H and O–H groups in total. The van der Waals surface area contributed by atoms with Crippen LogP contribution in [0.25, 0.3) is 9.40 Å². The lowest BCUT2D eigenvalue weighted by Crippen LogP contribution is -2.25. The smallest absolute Gasteiger partial charge is 0.0665 e. The van der Waals surface area contributed by atoms with Crippen LogP contribution in [0.15, 0.2) is 17.5 Å². The fourth-order valence-electron chi connectivity index (χ4n) is 1.68. The normalized spacial score (nSPS) is 13.4. The van der Waals surface area contributed by atoms with Crippen molar-refractivity contribution >= 4 is 32.1 Å². The van der Waals surface area contributed by atoms with Gasteiger partial charge in [-0.1, -0.05) is 6.92 Å². The number of ether oxygens (including phenoxy) is 1. The number of methoxy groups -OCH3 is 1. The highest BCUT2D eigenvalue weighted by molar-refractivity contribution is 7.26. The van der Waals surface area contributed by atoms with E-state index in [1.807, 2.05) is 22.7 Å². The van der Waals surface area contributed by atoms with Gasteiger partial charge >= 0.3 is 0 Å². The predicted octanol–water partition coefficient (Wildman–Crippen LogP) is 3.65. The van der Waals surface area contributed by atoms with Crippen molar-refractivity contribution in [1.29, 1.82) is 0 Å². The minimum atomic E-state index is 0.342. The van der Waals surface area contributed by atoms with Gasteiger partial charge in [-0.15, -0.1) is 22.7 Å². The first-order valence-electron chi connectivity index (χ1n) is 5.54. The van der Waals surface area contributed by atoms with Crippen molar-refractivity contribution in [2.45, 2.75) is 19.4 Å². The van der Waals surface area contributed by atoms with Crippen LogP contribution in [0.1, 0.15) is 24.3 Å². The van der Waals surface area contributed by atoms with Gasteiger partial charge in [0.15, 0.2) is 0 Å². The number of hydrogen-bond acceptors (Lipinski definition) is 4. The van der Waals surface area contributed by atoms with E-state index in [0.29, 0.717) is 6.04 Å². The molecular formula is C12H17NOS2. The first kappa shape index (κ1) is 12.0. The number of fused-ring (bicyclic) bond motifs is 1. The van der Waals surface area contributed by atoms with E-state index < -0.39 is 0 Å². The molecule has 0 spiro atoms. The average Bonchev–Trinajstić information content (AvgIpc) is 2.84. The van der Waals surface area contributed by atoms with Crippen molar-refractivity contribution in [3.8, 4) is 0 Å². The third-order valence-corrected chi connectivity index (χ3v) is 4.68. The SMILES string of the molecule is CCCNC(COC)c1cc2sccc2s1. The summed E-state index contributed by atoms with van der Waals surface area (Å²) in [7, 11) is 1.76. The standard InChI is InChI=1S/C12H17NOS2/c1-3-5-13-9(8-14-2)11-7-12-10(16-11)4-6-15-12/h4,6-7,9,13H,3,5,8H2,1-2H3. The molecule has 88 valence electrons. The summed E-state index contributed by atoms with van der Waals surface area (Å²) >= 11 is 3.68. The molecule has 2 rings (SSSR count). The fourth-order valence-corrected chi connectivity index (χ4v) is 3.86. The molecule has 16 heavy (non-hydrogen) atoms. The third-order valence-electron chi connectivity index (χ3n) is 2.48. The highest BCUT2D eigenvalue weighted by Crippen LogP contribution is 2.33. The Bertz CT molecular complexity index is 406. The van der Waals surface area contributed by atoms with Crippen LogP contribution < -0.4 is 5.32 Å². The van der Waals surface area contributed by atoms with Gasteiger partial charge in [0.2, 0.25) is 0 Å². The van der Waals surface area contributed by atoms with Crippen LogP contribution in [-0.4, -0.2) is 20.3 Å². The summed E-state index contributed by atoms with van der Waals surface area (Å²) in [6.45, 7) is 3.97. The number of thiophene rings is 2. The van der Waals surface area contributed by atoms with E-state index in [1.54, 1.807) is 7.11 Å². The van der Waals surface area contributed by atoms with Crippen LogP contribution in [0.4, 0.5) is 0 Å². The molecule has 0 aliphatic rings. The lowest BCUT2D eigenvalue weighted by Gasteiger charge is -2.15. The topological polar surface area (TPSA) is 21.3 Å². The molecule has 2 aromatic heterocycles. The zero-order valence-electron chi connectivity index (χ0n) is 9.66. The summed E-state index contributed by atoms with van der Waals surface area (Å²) in [6, 6.07) is 4.82. The molecule has 0 radical (unpaired) electrons. The first-order chi connectivity index (χ1) is 7.85. The molecule has 0 saturated heterocycles. The minimum absolute atomic E-state index is 0.342. The molecule has 1 atom stereocenters. The van der Waals surface area contributed by atoms with Gasteiger partial charge in [0.25, 0.3) is 0 Å². The lowest BCUT2D eigenvalue weighted by atomic mass is 10.2. The zero-order chi connectivity index (χ0) is 11.4. The van der Waals surface area contributed by atoms with E-state index in [4.69, 9.17) is 4.74 Å². The third kappa shape index (κ3) is 2.63. The maximum Gasteiger partial charge on any atom is 0.0665 e. The molecular weight excluding hydrogens is 238 g/mol. The summed E-state index contributed by atoms with van der Waals surface area (Å²) < 4.78 is 8.05. The molecule has 0 saturated carbocycles. The highest BCUT2D eigenvalue weighted by Gasteiger charge is 2.13. The number of rotatable bonds is 6. The molecule has 0 aliphatic carbocycles. The van der Waals surface area contributed by atoms with Crippen LogP contribution in [0, 0.1) is 0 Å². The Morgan fingerprint density at radius 1 is 1.44 bits per heavy atom. The number of nitrogens with one attached hydrogen (secondary N) is 1. The van der Waals surface area contributed by atoms with Gasteiger partial charge in [-0.2, -0.15) is 0 Å². The number of hydrogen-bond donors (Lipinski definition) is 1. The molecule has 2 nitrogen and oxygen atoms in total. The van der Waals surface area contributed by atoms with Gasteiger partial charge in [-0.25, -0.2) is 0 Å². The zero-order valence-corrected chi connectivity index (χ0v) is 11.3. The maximum absolute atomic E-state index is 5.28. The van der Waals surface area contributed by atoms with E-state index in [-0.39, 0.29) is 0 Å². The van der Waals surface area contributed by atoms with E-state index in [2.05, 4.69) is 29.8 Å². The first-order valence-corrected chi connectivity index (χ1v) is 7.24. The molecule has 0 bridgehead atoms. The Morgan fingerprint density at radius 3 is 3.00 bits per heavy atom. The highest BCUT2D eigenvalue weighted by atomic mass is 32.1. The van der Waals surface area contributed by atoms with E-state index in [0.717, 1.165) is 19.6 Å². The van der Waals surface area contributed by atoms with Crippen LogP contribution in [0.5, 0.6) is 0 Å². The molecule has 2 heterocycles. The Morgan fingerprint density at radius 2 is 2.31 bits per heavy atom. The summed E-state index contributed by atoms with van der Waals surface area (Å²) in [6.07, 6.45) is 1.15. The lowest BCUT2D eigenvalue weighted by molar-refractivity contribution is 0.168. The monoisotopic (exact) mass is 255 g/mol. The molecule has 0 aliphatic heterocycles. The summed E-state index contributed by atoms with van der Waals surface area (Å²) in [5, 5.41) is 5.68. The summed E-state index contributed by atoms with van der Waals surface area (Å²) in [5.41, 5.74) is 0. The van der Waals surface area contributed by atoms with E-state index >= 15 is 0 Å². The second-order valence-corrected chi connectivity index (χ2v) is 5.82. The quantitative estimate of drug-likeness (QED) is 0.850. The second-order valence-electron chi connectivity index (χ2n) is 3.76. The van der Waals surface area contributed by atoms with Crippen LogP contribution in [0.2, 0.25) is 0 Å². The summed E-state index contributed by atoms with van der Waals surface area (Å²) in [5.74, 6) is 0. The van der Waals surface area contributed by atoms with E-state index in [1.165, 1.54) is 14.3 Å². The molecule has 2 aromatic rings. The van der Waals surface area contributed by atoms with Crippen molar-refractivity contribution in [2.75, 3.05) is 20.3 Å². The summed E-state index contributed by atoms with van der Waals surface area (Å²) in [4.78, 5) is 1.39. The molecule has 4 heteroatoms. The van der Waals surface area contributed by atoms with Crippen molar-refractivity contribution in [3.63, 3.8) is 0 Å². The van der Waals surface area contributed by atoms with Crippen molar-refractivity contribution in [1.82, 2.24) is 5.32 Å². The van der Waals surface area contributed by atoms with Crippen molar-refractivity contribution in [2.24, 2.45) is 0 Å². The Labute approximate surface area is 104 Å². The van der Waals surface area contributed by atoms with Gasteiger partial charge < -0.3 is 10.1 Å². The molecule has 0 amide bonds. The van der Waals surface area contributed by atoms with Crippen molar-refractivity contribution in [3.05, 3.63) is 22.4 Å².